The third kappa shape index (κ3) is 3.04. The molecular weight excluding hydrogens is 294 g/mol. The maximum absolute atomic E-state index is 6.76. The Morgan fingerprint density at radius 1 is 1.12 bits per heavy atom. The summed E-state index contributed by atoms with van der Waals surface area (Å²) >= 11 is 0. The fraction of sp³-hybridized carbons (Fsp3) is 0.727. The summed E-state index contributed by atoms with van der Waals surface area (Å²) in [5.74, 6) is 3.75. The Bertz CT molecular complexity index is 542. The summed E-state index contributed by atoms with van der Waals surface area (Å²) in [5.41, 5.74) is 1.59. The Balaban J connectivity index is 1.50. The van der Waals surface area contributed by atoms with E-state index in [0.29, 0.717) is 0 Å². The zero-order chi connectivity index (χ0) is 16.6. The van der Waals surface area contributed by atoms with Crippen LogP contribution in [0.4, 0.5) is 0 Å². The lowest BCUT2D eigenvalue weighted by Gasteiger charge is -2.43. The normalized spacial score (nSPS) is 37.3. The molecule has 1 aromatic rings. The van der Waals surface area contributed by atoms with E-state index in [1.165, 1.54) is 37.7 Å². The zero-order valence-corrected chi connectivity index (χ0v) is 15.4. The van der Waals surface area contributed by atoms with Gasteiger partial charge in [-0.15, -0.1) is 0 Å². The summed E-state index contributed by atoms with van der Waals surface area (Å²) in [6.07, 6.45) is 9.45. The predicted octanol–water partition coefficient (Wildman–Crippen LogP) is 4.39. The maximum atomic E-state index is 6.76. The Morgan fingerprint density at radius 3 is 2.71 bits per heavy atom. The first-order chi connectivity index (χ1) is 11.7. The SMILES string of the molecule is CN(C)CCCOC1(Cc2ccccc2)CC2CC1C1CCCC21. The van der Waals surface area contributed by atoms with Gasteiger partial charge in [0.15, 0.2) is 0 Å². The van der Waals surface area contributed by atoms with E-state index in [2.05, 4.69) is 49.3 Å². The molecule has 2 bridgehead atoms. The molecule has 5 atom stereocenters. The Labute approximate surface area is 147 Å². The van der Waals surface area contributed by atoms with Gasteiger partial charge in [-0.05, 0) is 82.0 Å². The molecule has 132 valence electrons. The topological polar surface area (TPSA) is 12.5 Å². The molecule has 3 aliphatic rings. The van der Waals surface area contributed by atoms with E-state index in [9.17, 15) is 0 Å². The molecule has 0 aliphatic heterocycles. The van der Waals surface area contributed by atoms with Crippen molar-refractivity contribution in [3.05, 3.63) is 35.9 Å². The monoisotopic (exact) mass is 327 g/mol. The van der Waals surface area contributed by atoms with Crippen LogP contribution in [0.3, 0.4) is 0 Å². The van der Waals surface area contributed by atoms with E-state index in [4.69, 9.17) is 4.74 Å². The van der Waals surface area contributed by atoms with Gasteiger partial charge in [0.2, 0.25) is 0 Å². The molecule has 0 spiro atoms. The van der Waals surface area contributed by atoms with Crippen molar-refractivity contribution in [1.29, 1.82) is 0 Å². The summed E-state index contributed by atoms with van der Waals surface area (Å²) in [5, 5.41) is 0. The van der Waals surface area contributed by atoms with E-state index in [1.807, 2.05) is 0 Å². The number of ether oxygens (including phenoxy) is 1. The number of benzene rings is 1. The molecule has 3 saturated carbocycles. The van der Waals surface area contributed by atoms with Gasteiger partial charge in [0.05, 0.1) is 5.60 Å². The second-order valence-electron chi connectivity index (χ2n) is 8.80. The number of nitrogens with zero attached hydrogens (tertiary/aromatic N) is 1. The van der Waals surface area contributed by atoms with Gasteiger partial charge in [-0.25, -0.2) is 0 Å². The summed E-state index contributed by atoms with van der Waals surface area (Å²) < 4.78 is 6.76. The summed E-state index contributed by atoms with van der Waals surface area (Å²) in [6.45, 7) is 2.05. The van der Waals surface area contributed by atoms with Crippen LogP contribution in [0.1, 0.15) is 44.1 Å². The lowest BCUT2D eigenvalue weighted by atomic mass is 9.70. The van der Waals surface area contributed by atoms with Crippen molar-refractivity contribution in [2.24, 2.45) is 23.7 Å². The van der Waals surface area contributed by atoms with Crippen LogP contribution >= 0.6 is 0 Å². The summed E-state index contributed by atoms with van der Waals surface area (Å²) in [7, 11) is 4.31. The number of rotatable bonds is 7. The van der Waals surface area contributed by atoms with Gasteiger partial charge >= 0.3 is 0 Å². The molecule has 0 amide bonds. The van der Waals surface area contributed by atoms with Gasteiger partial charge < -0.3 is 9.64 Å². The molecule has 0 radical (unpaired) electrons. The minimum atomic E-state index is 0.129. The standard InChI is InChI=1S/C22H33NO/c1-23(2)12-7-13-24-22(15-17-8-4-3-5-9-17)16-18-14-21(22)20-11-6-10-19(18)20/h3-5,8-9,18-21H,6-7,10-16H2,1-2H3. The first-order valence-electron chi connectivity index (χ1n) is 10.0. The van der Waals surface area contributed by atoms with Gasteiger partial charge in [0.1, 0.15) is 0 Å². The number of hydrogen-bond donors (Lipinski definition) is 0. The van der Waals surface area contributed by atoms with Crippen molar-refractivity contribution in [2.45, 2.75) is 50.5 Å². The molecule has 0 aromatic heterocycles. The van der Waals surface area contributed by atoms with Crippen LogP contribution in [0.25, 0.3) is 0 Å². The maximum Gasteiger partial charge on any atom is 0.0756 e. The van der Waals surface area contributed by atoms with Crippen molar-refractivity contribution in [3.63, 3.8) is 0 Å². The molecule has 2 nitrogen and oxygen atoms in total. The average Bonchev–Trinajstić information content (AvgIpc) is 3.24. The molecule has 3 fully saturated rings. The highest BCUT2D eigenvalue weighted by Gasteiger charge is 2.61. The Morgan fingerprint density at radius 2 is 1.92 bits per heavy atom. The van der Waals surface area contributed by atoms with Crippen LogP contribution < -0.4 is 0 Å². The van der Waals surface area contributed by atoms with Gasteiger partial charge in [-0.2, -0.15) is 0 Å². The molecule has 1 aromatic carbocycles. The first kappa shape index (κ1) is 16.6. The van der Waals surface area contributed by atoms with Crippen LogP contribution in [0.15, 0.2) is 30.3 Å². The molecule has 0 N–H and O–H groups in total. The van der Waals surface area contributed by atoms with E-state index >= 15 is 0 Å². The van der Waals surface area contributed by atoms with E-state index in [1.54, 1.807) is 0 Å². The van der Waals surface area contributed by atoms with Crippen molar-refractivity contribution in [3.8, 4) is 0 Å². The van der Waals surface area contributed by atoms with Gasteiger partial charge in [-0.3, -0.25) is 0 Å². The molecular formula is C22H33NO. The molecule has 24 heavy (non-hydrogen) atoms. The van der Waals surface area contributed by atoms with Gasteiger partial charge in [0, 0.05) is 13.0 Å². The molecule has 0 heterocycles. The van der Waals surface area contributed by atoms with Crippen molar-refractivity contribution >= 4 is 0 Å². The number of hydrogen-bond acceptors (Lipinski definition) is 2. The second-order valence-corrected chi connectivity index (χ2v) is 8.80. The quantitative estimate of drug-likeness (QED) is 0.689. The fourth-order valence-corrected chi connectivity index (χ4v) is 6.23. The fourth-order valence-electron chi connectivity index (χ4n) is 6.23. The molecule has 3 aliphatic carbocycles. The van der Waals surface area contributed by atoms with Crippen molar-refractivity contribution in [1.82, 2.24) is 4.90 Å². The highest BCUT2D eigenvalue weighted by Crippen LogP contribution is 2.64. The smallest absolute Gasteiger partial charge is 0.0756 e. The van der Waals surface area contributed by atoms with E-state index < -0.39 is 0 Å². The van der Waals surface area contributed by atoms with Gasteiger partial charge in [0.25, 0.3) is 0 Å². The minimum Gasteiger partial charge on any atom is -0.374 e. The highest BCUT2D eigenvalue weighted by molar-refractivity contribution is 5.21. The predicted molar refractivity (Wildman–Crippen MR) is 99.0 cm³/mol. The third-order valence-corrected chi connectivity index (χ3v) is 7.07. The third-order valence-electron chi connectivity index (χ3n) is 7.07. The summed E-state index contributed by atoms with van der Waals surface area (Å²) in [4.78, 5) is 2.26. The van der Waals surface area contributed by atoms with Crippen LogP contribution in [-0.2, 0) is 11.2 Å². The second kappa shape index (κ2) is 6.80. The average molecular weight is 328 g/mol. The molecule has 2 heteroatoms. The minimum absolute atomic E-state index is 0.129. The largest absolute Gasteiger partial charge is 0.374 e. The lowest BCUT2D eigenvalue weighted by molar-refractivity contribution is -0.105. The lowest BCUT2D eigenvalue weighted by Crippen LogP contribution is -2.46. The van der Waals surface area contributed by atoms with Crippen molar-refractivity contribution in [2.75, 3.05) is 27.2 Å². The van der Waals surface area contributed by atoms with E-state index in [-0.39, 0.29) is 5.60 Å². The number of fused-ring (bicyclic) bond motifs is 5. The van der Waals surface area contributed by atoms with Crippen LogP contribution in [0, 0.1) is 23.7 Å². The highest BCUT2D eigenvalue weighted by atomic mass is 16.5. The molecule has 0 saturated heterocycles. The Hall–Kier alpha value is -0.860. The van der Waals surface area contributed by atoms with Crippen LogP contribution in [0.5, 0.6) is 0 Å². The zero-order valence-electron chi connectivity index (χ0n) is 15.4. The van der Waals surface area contributed by atoms with Crippen molar-refractivity contribution < 1.29 is 4.74 Å². The molecule has 5 unspecified atom stereocenters. The van der Waals surface area contributed by atoms with Crippen LogP contribution in [0.2, 0.25) is 0 Å². The van der Waals surface area contributed by atoms with Crippen LogP contribution in [-0.4, -0.2) is 37.7 Å². The first-order valence-corrected chi connectivity index (χ1v) is 10.0. The van der Waals surface area contributed by atoms with Gasteiger partial charge in [-0.1, -0.05) is 36.8 Å². The Kier molecular flexibility index (Phi) is 4.70. The summed E-state index contributed by atoms with van der Waals surface area (Å²) in [6, 6.07) is 11.1. The van der Waals surface area contributed by atoms with E-state index in [0.717, 1.165) is 49.7 Å². The molecule has 4 rings (SSSR count).